The van der Waals surface area contributed by atoms with Crippen molar-refractivity contribution in [3.05, 3.63) is 23.5 Å². The molecule has 1 aromatic rings. The van der Waals surface area contributed by atoms with Crippen molar-refractivity contribution in [1.29, 1.82) is 0 Å². The van der Waals surface area contributed by atoms with Crippen molar-refractivity contribution in [3.8, 4) is 0 Å². The molecule has 0 aromatic carbocycles. The van der Waals surface area contributed by atoms with E-state index >= 15 is 0 Å². The lowest BCUT2D eigenvalue weighted by Crippen LogP contribution is -2.37. The van der Waals surface area contributed by atoms with Gasteiger partial charge < -0.3 is 10.1 Å². The van der Waals surface area contributed by atoms with E-state index in [9.17, 15) is 0 Å². The van der Waals surface area contributed by atoms with Gasteiger partial charge >= 0.3 is 0 Å². The van der Waals surface area contributed by atoms with Crippen LogP contribution in [-0.2, 0) is 4.74 Å². The first-order valence-electron chi connectivity index (χ1n) is 5.71. The number of pyridine rings is 1. The average Bonchev–Trinajstić information content (AvgIpc) is 2.33. The molecule has 0 saturated heterocycles. The Morgan fingerprint density at radius 1 is 1.44 bits per heavy atom. The van der Waals surface area contributed by atoms with Crippen LogP contribution in [0.1, 0.15) is 25.7 Å². The lowest BCUT2D eigenvalue weighted by Gasteiger charge is -2.31. The number of anilines is 1. The molecule has 0 amide bonds. The maximum atomic E-state index is 6.02. The Bertz CT molecular complexity index is 346. The van der Waals surface area contributed by atoms with Crippen LogP contribution in [0.2, 0.25) is 5.15 Å². The van der Waals surface area contributed by atoms with Gasteiger partial charge in [-0.15, -0.1) is 0 Å². The molecule has 1 aliphatic carbocycles. The number of nitrogens with one attached hydrogen (secondary N) is 1. The van der Waals surface area contributed by atoms with Crippen LogP contribution in [0, 0.1) is 0 Å². The maximum absolute atomic E-state index is 6.02. The molecule has 0 bridgehead atoms. The number of rotatable bonds is 3. The molecule has 2 unspecified atom stereocenters. The largest absolute Gasteiger partial charge is 0.379 e. The van der Waals surface area contributed by atoms with Crippen molar-refractivity contribution in [2.24, 2.45) is 0 Å². The highest BCUT2D eigenvalue weighted by atomic mass is 35.5. The second-order valence-corrected chi connectivity index (χ2v) is 4.51. The molecular formula is C12H17ClN2O. The number of hydrogen-bond acceptors (Lipinski definition) is 3. The molecule has 0 spiro atoms. The summed E-state index contributed by atoms with van der Waals surface area (Å²) in [5, 5.41) is 3.96. The Hall–Kier alpha value is -0.800. The Balaban J connectivity index is 2.05. The first kappa shape index (κ1) is 11.7. The van der Waals surface area contributed by atoms with Crippen molar-refractivity contribution in [2.45, 2.75) is 37.8 Å². The summed E-state index contributed by atoms with van der Waals surface area (Å²) in [6.07, 6.45) is 6.72. The van der Waals surface area contributed by atoms with Gasteiger partial charge in [0.05, 0.1) is 17.8 Å². The second kappa shape index (κ2) is 5.51. The molecule has 1 heterocycles. The van der Waals surface area contributed by atoms with Crippen molar-refractivity contribution in [1.82, 2.24) is 4.98 Å². The lowest BCUT2D eigenvalue weighted by molar-refractivity contribution is 0.0606. The summed E-state index contributed by atoms with van der Waals surface area (Å²) >= 11 is 6.02. The van der Waals surface area contributed by atoms with Crippen molar-refractivity contribution >= 4 is 17.3 Å². The van der Waals surface area contributed by atoms with Gasteiger partial charge in [-0.25, -0.2) is 4.98 Å². The molecule has 16 heavy (non-hydrogen) atoms. The topological polar surface area (TPSA) is 34.1 Å². The Morgan fingerprint density at radius 3 is 3.00 bits per heavy atom. The van der Waals surface area contributed by atoms with Crippen LogP contribution in [0.3, 0.4) is 0 Å². The molecule has 1 fully saturated rings. The third kappa shape index (κ3) is 2.66. The van der Waals surface area contributed by atoms with Crippen LogP contribution in [0.25, 0.3) is 0 Å². The monoisotopic (exact) mass is 240 g/mol. The number of methoxy groups -OCH3 is 1. The van der Waals surface area contributed by atoms with Crippen LogP contribution in [0.4, 0.5) is 5.69 Å². The van der Waals surface area contributed by atoms with E-state index in [1.165, 1.54) is 12.8 Å². The van der Waals surface area contributed by atoms with E-state index in [1.807, 2.05) is 12.1 Å². The van der Waals surface area contributed by atoms with E-state index < -0.39 is 0 Å². The molecule has 2 atom stereocenters. The van der Waals surface area contributed by atoms with E-state index in [0.29, 0.717) is 11.2 Å². The summed E-state index contributed by atoms with van der Waals surface area (Å²) in [5.74, 6) is 0. The third-order valence-corrected chi connectivity index (χ3v) is 3.41. The zero-order chi connectivity index (χ0) is 11.4. The van der Waals surface area contributed by atoms with E-state index in [0.717, 1.165) is 18.5 Å². The zero-order valence-corrected chi connectivity index (χ0v) is 10.2. The number of halogens is 1. The number of hydrogen-bond donors (Lipinski definition) is 1. The summed E-state index contributed by atoms with van der Waals surface area (Å²) in [4.78, 5) is 4.06. The minimum absolute atomic E-state index is 0.282. The fourth-order valence-electron chi connectivity index (χ4n) is 2.24. The molecule has 1 aliphatic rings. The van der Waals surface area contributed by atoms with Gasteiger partial charge in [-0.05, 0) is 25.0 Å². The lowest BCUT2D eigenvalue weighted by atomic mass is 9.92. The predicted octanol–water partition coefficient (Wildman–Crippen LogP) is 3.10. The minimum atomic E-state index is 0.282. The molecule has 0 aliphatic heterocycles. The van der Waals surface area contributed by atoms with Gasteiger partial charge in [0.1, 0.15) is 0 Å². The normalized spacial score (nSPS) is 25.4. The molecule has 1 aromatic heterocycles. The predicted molar refractivity (Wildman–Crippen MR) is 65.9 cm³/mol. The van der Waals surface area contributed by atoms with Crippen molar-refractivity contribution in [2.75, 3.05) is 12.4 Å². The van der Waals surface area contributed by atoms with Gasteiger partial charge in [-0.3, -0.25) is 0 Å². The smallest absolute Gasteiger partial charge is 0.152 e. The van der Waals surface area contributed by atoms with Crippen LogP contribution < -0.4 is 5.32 Å². The summed E-state index contributed by atoms with van der Waals surface area (Å²) in [7, 11) is 1.77. The van der Waals surface area contributed by atoms with Crippen LogP contribution in [0.15, 0.2) is 18.3 Å². The Labute approximate surface area is 101 Å². The fraction of sp³-hybridized carbons (Fsp3) is 0.583. The molecule has 3 nitrogen and oxygen atoms in total. The summed E-state index contributed by atoms with van der Waals surface area (Å²) in [5.41, 5.74) is 0.901. The molecule has 1 saturated carbocycles. The van der Waals surface area contributed by atoms with Gasteiger partial charge in [-0.2, -0.15) is 0 Å². The van der Waals surface area contributed by atoms with E-state index in [2.05, 4.69) is 10.3 Å². The average molecular weight is 241 g/mol. The molecule has 2 rings (SSSR count). The number of nitrogens with zero attached hydrogens (tertiary/aromatic N) is 1. The summed E-state index contributed by atoms with van der Waals surface area (Å²) < 4.78 is 5.49. The summed E-state index contributed by atoms with van der Waals surface area (Å²) in [6.45, 7) is 0. The quantitative estimate of drug-likeness (QED) is 0.825. The number of ether oxygens (including phenoxy) is 1. The first-order valence-corrected chi connectivity index (χ1v) is 6.09. The van der Waals surface area contributed by atoms with Gasteiger partial charge in [0.25, 0.3) is 0 Å². The van der Waals surface area contributed by atoms with Gasteiger partial charge in [0.15, 0.2) is 5.15 Å². The van der Waals surface area contributed by atoms with Crippen LogP contribution in [-0.4, -0.2) is 24.2 Å². The zero-order valence-electron chi connectivity index (χ0n) is 9.45. The first-order chi connectivity index (χ1) is 7.81. The highest BCUT2D eigenvalue weighted by Gasteiger charge is 2.25. The molecular weight excluding hydrogens is 224 g/mol. The van der Waals surface area contributed by atoms with Gasteiger partial charge in [-0.1, -0.05) is 24.4 Å². The highest BCUT2D eigenvalue weighted by molar-refractivity contribution is 6.31. The van der Waals surface area contributed by atoms with Crippen molar-refractivity contribution < 1.29 is 4.74 Å². The van der Waals surface area contributed by atoms with Gasteiger partial charge in [0, 0.05) is 13.3 Å². The van der Waals surface area contributed by atoms with E-state index in [4.69, 9.17) is 16.3 Å². The van der Waals surface area contributed by atoms with Gasteiger partial charge in [0.2, 0.25) is 0 Å². The second-order valence-electron chi connectivity index (χ2n) is 4.15. The minimum Gasteiger partial charge on any atom is -0.379 e. The van der Waals surface area contributed by atoms with Crippen molar-refractivity contribution in [3.63, 3.8) is 0 Å². The molecule has 1 N–H and O–H groups in total. The Morgan fingerprint density at radius 2 is 2.25 bits per heavy atom. The SMILES string of the molecule is COC1CCCCC1Nc1cccnc1Cl. The third-order valence-electron chi connectivity index (χ3n) is 3.11. The highest BCUT2D eigenvalue weighted by Crippen LogP contribution is 2.26. The standard InChI is InChI=1S/C12H17ClN2O/c1-16-11-7-3-2-5-9(11)15-10-6-4-8-14-12(10)13/h4,6,8-9,11,15H,2-3,5,7H2,1H3. The van der Waals surface area contributed by atoms with Crippen LogP contribution in [0.5, 0.6) is 0 Å². The maximum Gasteiger partial charge on any atom is 0.152 e. The molecule has 4 heteroatoms. The number of aromatic nitrogens is 1. The fourth-order valence-corrected chi connectivity index (χ4v) is 2.41. The Kier molecular flexibility index (Phi) is 4.02. The molecule has 88 valence electrons. The molecule has 0 radical (unpaired) electrons. The van der Waals surface area contributed by atoms with E-state index in [-0.39, 0.29) is 6.10 Å². The summed E-state index contributed by atoms with van der Waals surface area (Å²) in [6, 6.07) is 4.19. The van der Waals surface area contributed by atoms with Crippen LogP contribution >= 0.6 is 11.6 Å². The van der Waals surface area contributed by atoms with E-state index in [1.54, 1.807) is 13.3 Å².